The summed E-state index contributed by atoms with van der Waals surface area (Å²) in [4.78, 5) is 2.23. The van der Waals surface area contributed by atoms with E-state index < -0.39 is 10.1 Å². The molecule has 2 aromatic rings. The summed E-state index contributed by atoms with van der Waals surface area (Å²) < 4.78 is 33.5. The first-order valence-electron chi connectivity index (χ1n) is 16.0. The molecule has 0 atom stereocenters. The van der Waals surface area contributed by atoms with Gasteiger partial charge in [0.2, 0.25) is 5.69 Å². The van der Waals surface area contributed by atoms with Crippen LogP contribution in [0.15, 0.2) is 123 Å². The van der Waals surface area contributed by atoms with Gasteiger partial charge >= 0.3 is 0 Å². The molecule has 2 aromatic carbocycles. The second kappa shape index (κ2) is 13.0. The zero-order valence-corrected chi connectivity index (χ0v) is 29.6. The van der Waals surface area contributed by atoms with E-state index in [0.29, 0.717) is 0 Å². The van der Waals surface area contributed by atoms with Crippen LogP contribution in [0.2, 0.25) is 0 Å². The number of benzene rings is 2. The number of allylic oxidation sites excluding steroid dienone is 11. The lowest BCUT2D eigenvalue weighted by atomic mass is 9.80. The number of hydrogen-bond donors (Lipinski definition) is 0. The van der Waals surface area contributed by atoms with Crippen molar-refractivity contribution in [1.82, 2.24) is 4.90 Å². The lowest BCUT2D eigenvalue weighted by Crippen LogP contribution is -2.26. The third-order valence-electron chi connectivity index (χ3n) is 9.81. The van der Waals surface area contributed by atoms with Gasteiger partial charge in [-0.2, -0.15) is 4.58 Å². The van der Waals surface area contributed by atoms with Crippen LogP contribution in [0.25, 0.3) is 0 Å². The van der Waals surface area contributed by atoms with E-state index in [4.69, 9.17) is 11.6 Å². The molecule has 4 aliphatic rings. The fourth-order valence-corrected chi connectivity index (χ4v) is 7.95. The van der Waals surface area contributed by atoms with Gasteiger partial charge in [-0.3, -0.25) is 0 Å². The predicted octanol–water partition coefficient (Wildman–Crippen LogP) is 9.21. The number of rotatable bonds is 4. The smallest absolute Gasteiger partial charge is 0.209 e. The molecular formula is C39H45ClN2O3S. The fraction of sp³-hybridized carbons (Fsp3) is 0.359. The summed E-state index contributed by atoms with van der Waals surface area (Å²) in [5, 5.41) is 0.928. The molecule has 2 heterocycles. The summed E-state index contributed by atoms with van der Waals surface area (Å²) >= 11 is 7.02. The average molecular weight is 657 g/mol. The van der Waals surface area contributed by atoms with Gasteiger partial charge in [0.1, 0.15) is 17.2 Å². The molecule has 0 amide bonds. The van der Waals surface area contributed by atoms with Crippen molar-refractivity contribution in [2.24, 2.45) is 5.41 Å². The van der Waals surface area contributed by atoms with Gasteiger partial charge in [0.05, 0.1) is 10.3 Å². The van der Waals surface area contributed by atoms with E-state index in [1.54, 1.807) is 12.1 Å². The molecule has 0 saturated heterocycles. The molecule has 0 aromatic heterocycles. The first-order chi connectivity index (χ1) is 21.6. The molecule has 0 N–H and O–H groups in total. The van der Waals surface area contributed by atoms with E-state index in [-0.39, 0.29) is 15.7 Å². The van der Waals surface area contributed by atoms with E-state index >= 15 is 0 Å². The molecule has 7 heteroatoms. The van der Waals surface area contributed by atoms with Crippen LogP contribution in [0.1, 0.15) is 70.9 Å². The molecule has 46 heavy (non-hydrogen) atoms. The molecule has 0 spiro atoms. The monoisotopic (exact) mass is 656 g/mol. The zero-order valence-electron chi connectivity index (χ0n) is 28.0. The molecule has 2 aliphatic carbocycles. The molecule has 6 rings (SSSR count). The van der Waals surface area contributed by atoms with Gasteiger partial charge < -0.3 is 9.45 Å². The summed E-state index contributed by atoms with van der Waals surface area (Å²) in [7, 11) is 0.119. The fourth-order valence-electron chi connectivity index (χ4n) is 7.17. The van der Waals surface area contributed by atoms with Gasteiger partial charge in [-0.05, 0) is 87.8 Å². The number of nitrogens with zero attached hydrogens (tertiary/aromatic N) is 2. The van der Waals surface area contributed by atoms with Crippen molar-refractivity contribution in [3.8, 4) is 0 Å². The van der Waals surface area contributed by atoms with E-state index in [2.05, 4.69) is 112 Å². The molecule has 242 valence electrons. The molecule has 0 saturated carbocycles. The minimum atomic E-state index is -4.27. The summed E-state index contributed by atoms with van der Waals surface area (Å²) in [6, 6.07) is 14.5. The van der Waals surface area contributed by atoms with Crippen molar-refractivity contribution < 1.29 is 17.5 Å². The van der Waals surface area contributed by atoms with Crippen LogP contribution in [0, 0.1) is 12.3 Å². The minimum Gasteiger partial charge on any atom is -0.744 e. The van der Waals surface area contributed by atoms with Gasteiger partial charge in [-0.25, -0.2) is 8.42 Å². The Balaban J connectivity index is 0.000000322. The minimum absolute atomic E-state index is 0.0220. The lowest BCUT2D eigenvalue weighted by Gasteiger charge is -2.26. The molecule has 0 unspecified atom stereocenters. The quantitative estimate of drug-likeness (QED) is 0.243. The summed E-state index contributed by atoms with van der Waals surface area (Å²) in [6.07, 6.45) is 19.2. The van der Waals surface area contributed by atoms with Gasteiger partial charge in [0.15, 0.2) is 5.71 Å². The average Bonchev–Trinajstić information content (AvgIpc) is 3.33. The number of aryl methyl sites for hydroxylation is 1. The number of halogens is 1. The Morgan fingerprint density at radius 1 is 0.935 bits per heavy atom. The van der Waals surface area contributed by atoms with Gasteiger partial charge in [0, 0.05) is 46.6 Å². The van der Waals surface area contributed by atoms with Crippen LogP contribution < -0.4 is 0 Å². The highest BCUT2D eigenvalue weighted by Crippen LogP contribution is 2.49. The van der Waals surface area contributed by atoms with E-state index in [1.807, 2.05) is 6.92 Å². The Hall–Kier alpha value is -3.45. The topological polar surface area (TPSA) is 63.5 Å². The van der Waals surface area contributed by atoms with Gasteiger partial charge in [0.25, 0.3) is 0 Å². The predicted molar refractivity (Wildman–Crippen MR) is 188 cm³/mol. The Morgan fingerprint density at radius 2 is 1.63 bits per heavy atom. The van der Waals surface area contributed by atoms with Crippen molar-refractivity contribution in [2.45, 2.75) is 77.0 Å². The van der Waals surface area contributed by atoms with Crippen molar-refractivity contribution >= 4 is 33.1 Å². The first kappa shape index (κ1) is 33.9. The summed E-state index contributed by atoms with van der Waals surface area (Å²) in [5.74, 6) is 0. The highest BCUT2D eigenvalue weighted by atomic mass is 35.5. The van der Waals surface area contributed by atoms with Crippen molar-refractivity contribution in [1.29, 1.82) is 0 Å². The maximum absolute atomic E-state index is 10.4. The van der Waals surface area contributed by atoms with Crippen LogP contribution in [-0.4, -0.2) is 42.3 Å². The van der Waals surface area contributed by atoms with Crippen molar-refractivity contribution in [2.75, 3.05) is 14.1 Å². The summed E-state index contributed by atoms with van der Waals surface area (Å²) in [5.41, 5.74) is 11.7. The molecule has 0 fully saturated rings. The molecule has 2 aliphatic heterocycles. The van der Waals surface area contributed by atoms with Crippen molar-refractivity contribution in [3.05, 3.63) is 129 Å². The highest BCUT2D eigenvalue weighted by Gasteiger charge is 2.43. The Bertz CT molecular complexity index is 1870. The maximum Gasteiger partial charge on any atom is 0.209 e. The van der Waals surface area contributed by atoms with Crippen LogP contribution in [-0.2, 0) is 15.5 Å². The second-order valence-electron chi connectivity index (χ2n) is 13.6. The largest absolute Gasteiger partial charge is 0.744 e. The second-order valence-corrected chi connectivity index (χ2v) is 15.4. The van der Waals surface area contributed by atoms with E-state index in [9.17, 15) is 13.0 Å². The molecule has 5 nitrogen and oxygen atoms in total. The van der Waals surface area contributed by atoms with Crippen LogP contribution >= 0.6 is 11.6 Å². The maximum atomic E-state index is 10.4. The summed E-state index contributed by atoms with van der Waals surface area (Å²) in [6.45, 7) is 11.1. The molecule has 0 bridgehead atoms. The van der Waals surface area contributed by atoms with E-state index in [0.717, 1.165) is 42.7 Å². The van der Waals surface area contributed by atoms with Crippen LogP contribution in [0.4, 0.5) is 5.69 Å². The van der Waals surface area contributed by atoms with Crippen LogP contribution in [0.5, 0.6) is 0 Å². The molecule has 0 radical (unpaired) electrons. The number of hydrogen-bond acceptors (Lipinski definition) is 4. The highest BCUT2D eigenvalue weighted by molar-refractivity contribution is 7.85. The number of para-hydroxylation sites is 1. The lowest BCUT2D eigenvalue weighted by molar-refractivity contribution is -0.401. The van der Waals surface area contributed by atoms with Crippen LogP contribution in [0.3, 0.4) is 0 Å². The van der Waals surface area contributed by atoms with Gasteiger partial charge in [-0.1, -0.05) is 85.6 Å². The third kappa shape index (κ3) is 6.53. The first-order valence-corrected chi connectivity index (χ1v) is 17.8. The molecular weight excluding hydrogens is 612 g/mol. The Labute approximate surface area is 280 Å². The normalized spacial score (nSPS) is 22.2. The Morgan fingerprint density at radius 3 is 2.28 bits per heavy atom. The standard InChI is InChI=1S/C32H38ClN2.C7H8O3S/c1-31(2)24-14-7-9-16-26(24)34(5)28(31)20-18-22-12-11-13-23(30(22)33)19-21-29-32(3,4)25-15-8-10-17-27(25)35(29)6;1-6-2-4-7(5-3-6)11(8,9)10/h7-9,14-16,18-21H,10-13,17H2,1-6H3;2-5H,1H3,(H,8,9,10)/q+1;/p-1. The van der Waals surface area contributed by atoms with E-state index in [1.165, 1.54) is 57.2 Å². The zero-order chi connectivity index (χ0) is 33.4. The van der Waals surface area contributed by atoms with Crippen molar-refractivity contribution in [3.63, 3.8) is 0 Å². The number of fused-ring (bicyclic) bond motifs is 1. The Kier molecular flexibility index (Phi) is 9.57. The third-order valence-corrected chi connectivity index (χ3v) is 11.1. The SMILES string of the molecule is CN1C(=CC=C2CCCC(C=CC3=[N+](C)c4ccccc4C3(C)C)=C2Cl)C(C)(C)C2=C1CCC=C2.Cc1ccc(S(=O)(=O)[O-])cc1. The van der Waals surface area contributed by atoms with Gasteiger partial charge in [-0.15, -0.1) is 0 Å².